The van der Waals surface area contributed by atoms with Crippen LogP contribution in [0.15, 0.2) is 30.3 Å². The second-order valence-electron chi connectivity index (χ2n) is 3.59. The number of carbonyl (C=O) groups excluding carboxylic acids is 1. The molecule has 0 saturated heterocycles. The van der Waals surface area contributed by atoms with Crippen molar-refractivity contribution < 1.29 is 4.79 Å². The lowest BCUT2D eigenvalue weighted by Crippen LogP contribution is -2.31. The highest BCUT2D eigenvalue weighted by molar-refractivity contribution is 5.76. The molecule has 3 heteroatoms. The van der Waals surface area contributed by atoms with Crippen LogP contribution in [-0.2, 0) is 11.2 Å². The van der Waals surface area contributed by atoms with E-state index in [0.29, 0.717) is 19.5 Å². The summed E-state index contributed by atoms with van der Waals surface area (Å²) in [4.78, 5) is 13.3. The number of benzene rings is 1. The van der Waals surface area contributed by atoms with Crippen molar-refractivity contribution >= 4 is 5.91 Å². The predicted molar refractivity (Wildman–Crippen MR) is 61.5 cm³/mol. The number of hydrogen-bond donors (Lipinski definition) is 1. The molecule has 1 rings (SSSR count). The van der Waals surface area contributed by atoms with Crippen LogP contribution in [0.4, 0.5) is 0 Å². The molecular formula is C12H18N2O. The van der Waals surface area contributed by atoms with E-state index in [0.717, 1.165) is 6.42 Å². The number of likely N-dealkylation sites (N-methyl/N-ethyl adjacent to an activating group) is 1. The number of carbonyl (C=O) groups is 1. The summed E-state index contributed by atoms with van der Waals surface area (Å²) in [5.74, 6) is 0.157. The van der Waals surface area contributed by atoms with Crippen molar-refractivity contribution in [3.8, 4) is 0 Å². The maximum Gasteiger partial charge on any atom is 0.222 e. The van der Waals surface area contributed by atoms with E-state index in [1.165, 1.54) is 5.56 Å². The van der Waals surface area contributed by atoms with E-state index < -0.39 is 0 Å². The molecule has 82 valence electrons. The lowest BCUT2D eigenvalue weighted by molar-refractivity contribution is -0.129. The van der Waals surface area contributed by atoms with Crippen molar-refractivity contribution in [1.82, 2.24) is 4.90 Å². The molecule has 0 fully saturated rings. The quantitative estimate of drug-likeness (QED) is 0.782. The molecule has 1 aromatic rings. The van der Waals surface area contributed by atoms with Gasteiger partial charge in [0.15, 0.2) is 0 Å². The Labute approximate surface area is 90.9 Å². The van der Waals surface area contributed by atoms with Gasteiger partial charge in [-0.25, -0.2) is 0 Å². The Kier molecular flexibility index (Phi) is 4.84. The molecule has 3 nitrogen and oxygen atoms in total. The van der Waals surface area contributed by atoms with Gasteiger partial charge in [0, 0.05) is 26.6 Å². The fourth-order valence-electron chi connectivity index (χ4n) is 1.41. The summed E-state index contributed by atoms with van der Waals surface area (Å²) >= 11 is 0. The van der Waals surface area contributed by atoms with Crippen LogP contribution in [0.5, 0.6) is 0 Å². The van der Waals surface area contributed by atoms with Gasteiger partial charge in [-0.3, -0.25) is 4.79 Å². The standard InChI is InChI=1S/C12H18N2O/c1-14(10-9-13)12(15)8-7-11-5-3-2-4-6-11/h2-6H,7-10,13H2,1H3. The van der Waals surface area contributed by atoms with Crippen molar-refractivity contribution in [3.63, 3.8) is 0 Å². The highest BCUT2D eigenvalue weighted by atomic mass is 16.2. The lowest BCUT2D eigenvalue weighted by Gasteiger charge is -2.15. The number of nitrogens with zero attached hydrogens (tertiary/aromatic N) is 1. The van der Waals surface area contributed by atoms with Crippen LogP contribution in [0.25, 0.3) is 0 Å². The fourth-order valence-corrected chi connectivity index (χ4v) is 1.41. The van der Waals surface area contributed by atoms with Crippen molar-refractivity contribution in [2.45, 2.75) is 12.8 Å². The molecule has 0 aliphatic heterocycles. The summed E-state index contributed by atoms with van der Waals surface area (Å²) in [5.41, 5.74) is 6.58. The summed E-state index contributed by atoms with van der Waals surface area (Å²) in [6.07, 6.45) is 1.36. The molecule has 0 aromatic heterocycles. The van der Waals surface area contributed by atoms with Crippen LogP contribution in [0, 0.1) is 0 Å². The third kappa shape index (κ3) is 4.13. The zero-order valence-corrected chi connectivity index (χ0v) is 9.15. The van der Waals surface area contributed by atoms with Gasteiger partial charge in [-0.1, -0.05) is 30.3 Å². The zero-order chi connectivity index (χ0) is 11.1. The third-order valence-electron chi connectivity index (χ3n) is 2.36. The number of hydrogen-bond acceptors (Lipinski definition) is 2. The molecule has 0 aliphatic carbocycles. The first kappa shape index (κ1) is 11.7. The predicted octanol–water partition coefficient (Wildman–Crippen LogP) is 1.04. The van der Waals surface area contributed by atoms with Gasteiger partial charge in [-0.2, -0.15) is 0 Å². The average molecular weight is 206 g/mol. The molecule has 0 heterocycles. The van der Waals surface area contributed by atoms with Crippen LogP contribution in [0.2, 0.25) is 0 Å². The van der Waals surface area contributed by atoms with Gasteiger partial charge in [0.2, 0.25) is 5.91 Å². The van der Waals surface area contributed by atoms with Gasteiger partial charge >= 0.3 is 0 Å². The minimum Gasteiger partial charge on any atom is -0.344 e. The summed E-state index contributed by atoms with van der Waals surface area (Å²) < 4.78 is 0. The van der Waals surface area contributed by atoms with Gasteiger partial charge in [0.1, 0.15) is 0 Å². The first-order valence-electron chi connectivity index (χ1n) is 5.22. The topological polar surface area (TPSA) is 46.3 Å². The Balaban J connectivity index is 2.34. The SMILES string of the molecule is CN(CCN)C(=O)CCc1ccccc1. The first-order chi connectivity index (χ1) is 7.24. The molecule has 0 unspecified atom stereocenters. The summed E-state index contributed by atoms with van der Waals surface area (Å²) in [6, 6.07) is 10.0. The second kappa shape index (κ2) is 6.19. The van der Waals surface area contributed by atoms with Gasteiger partial charge in [0.05, 0.1) is 0 Å². The fraction of sp³-hybridized carbons (Fsp3) is 0.417. The lowest BCUT2D eigenvalue weighted by atomic mass is 10.1. The first-order valence-corrected chi connectivity index (χ1v) is 5.22. The highest BCUT2D eigenvalue weighted by Crippen LogP contribution is 2.03. The summed E-state index contributed by atoms with van der Waals surface area (Å²) in [6.45, 7) is 1.15. The maximum atomic E-state index is 11.6. The minimum absolute atomic E-state index is 0.157. The zero-order valence-electron chi connectivity index (χ0n) is 9.15. The van der Waals surface area contributed by atoms with Crippen LogP contribution in [0.1, 0.15) is 12.0 Å². The average Bonchev–Trinajstić information content (AvgIpc) is 2.27. The smallest absolute Gasteiger partial charge is 0.222 e. The monoisotopic (exact) mass is 206 g/mol. The number of aryl methyl sites for hydroxylation is 1. The van der Waals surface area contributed by atoms with Crippen molar-refractivity contribution in [2.24, 2.45) is 5.73 Å². The Morgan fingerprint density at radius 3 is 2.60 bits per heavy atom. The molecule has 2 N–H and O–H groups in total. The molecule has 1 aromatic carbocycles. The van der Waals surface area contributed by atoms with Crippen LogP contribution in [0.3, 0.4) is 0 Å². The molecular weight excluding hydrogens is 188 g/mol. The second-order valence-corrected chi connectivity index (χ2v) is 3.59. The van der Waals surface area contributed by atoms with Crippen molar-refractivity contribution in [1.29, 1.82) is 0 Å². The Hall–Kier alpha value is -1.35. The van der Waals surface area contributed by atoms with E-state index >= 15 is 0 Å². The largest absolute Gasteiger partial charge is 0.344 e. The molecule has 0 spiro atoms. The van der Waals surface area contributed by atoms with Crippen LogP contribution < -0.4 is 5.73 Å². The minimum atomic E-state index is 0.157. The highest BCUT2D eigenvalue weighted by Gasteiger charge is 2.06. The number of amides is 1. The Morgan fingerprint density at radius 1 is 1.33 bits per heavy atom. The van der Waals surface area contributed by atoms with Crippen molar-refractivity contribution in [3.05, 3.63) is 35.9 Å². The molecule has 15 heavy (non-hydrogen) atoms. The van der Waals surface area contributed by atoms with Gasteiger partial charge in [-0.05, 0) is 12.0 Å². The van der Waals surface area contributed by atoms with Gasteiger partial charge < -0.3 is 10.6 Å². The molecule has 0 saturated carbocycles. The number of nitrogens with two attached hydrogens (primary N) is 1. The normalized spacial score (nSPS) is 10.0. The van der Waals surface area contributed by atoms with Gasteiger partial charge in [-0.15, -0.1) is 0 Å². The molecule has 0 bridgehead atoms. The van der Waals surface area contributed by atoms with Crippen LogP contribution >= 0.6 is 0 Å². The summed E-state index contributed by atoms with van der Waals surface area (Å²) in [7, 11) is 1.79. The van der Waals surface area contributed by atoms with Crippen molar-refractivity contribution in [2.75, 3.05) is 20.1 Å². The van der Waals surface area contributed by atoms with E-state index in [1.807, 2.05) is 30.3 Å². The molecule has 0 aliphatic rings. The maximum absolute atomic E-state index is 11.6. The third-order valence-corrected chi connectivity index (χ3v) is 2.36. The summed E-state index contributed by atoms with van der Waals surface area (Å²) in [5, 5.41) is 0. The van der Waals surface area contributed by atoms with Crippen LogP contribution in [-0.4, -0.2) is 30.9 Å². The van der Waals surface area contributed by atoms with E-state index in [9.17, 15) is 4.79 Å². The van der Waals surface area contributed by atoms with E-state index in [1.54, 1.807) is 11.9 Å². The Morgan fingerprint density at radius 2 is 2.00 bits per heavy atom. The van der Waals surface area contributed by atoms with Gasteiger partial charge in [0.25, 0.3) is 0 Å². The number of rotatable bonds is 5. The molecule has 0 radical (unpaired) electrons. The van der Waals surface area contributed by atoms with E-state index in [2.05, 4.69) is 0 Å². The molecule has 0 atom stereocenters. The van der Waals surface area contributed by atoms with E-state index in [4.69, 9.17) is 5.73 Å². The Bertz CT molecular complexity index is 298. The molecule has 1 amide bonds. The van der Waals surface area contributed by atoms with E-state index in [-0.39, 0.29) is 5.91 Å².